The van der Waals surface area contributed by atoms with Crippen LogP contribution in [-0.2, 0) is 0 Å². The van der Waals surface area contributed by atoms with E-state index in [1.54, 1.807) is 25.1 Å². The molecule has 4 heteroatoms. The molecule has 2 N–H and O–H groups in total. The molecule has 1 heterocycles. The summed E-state index contributed by atoms with van der Waals surface area (Å²) in [4.78, 5) is 12.4. The highest BCUT2D eigenvalue weighted by atomic mass is 16.5. The molecule has 2 aromatic carbocycles. The number of hydrogen-bond donors (Lipinski definition) is 2. The molecule has 2 aromatic rings. The third-order valence-electron chi connectivity index (χ3n) is 3.72. The Balaban J connectivity index is 1.81. The Labute approximate surface area is 123 Å². The molecule has 0 aliphatic carbocycles. The second-order valence-electron chi connectivity index (χ2n) is 5.20. The van der Waals surface area contributed by atoms with Crippen molar-refractivity contribution in [2.75, 3.05) is 6.61 Å². The van der Waals surface area contributed by atoms with Gasteiger partial charge in [-0.3, -0.25) is 4.79 Å². The fourth-order valence-corrected chi connectivity index (χ4v) is 2.53. The highest BCUT2D eigenvalue weighted by molar-refractivity contribution is 5.94. The number of carbonyl (C=O) groups is 1. The summed E-state index contributed by atoms with van der Waals surface area (Å²) in [6.45, 7) is 2.37. The van der Waals surface area contributed by atoms with Gasteiger partial charge < -0.3 is 15.2 Å². The molecule has 0 fully saturated rings. The molecule has 108 valence electrons. The number of ether oxygens (including phenoxy) is 1. The van der Waals surface area contributed by atoms with E-state index in [0.29, 0.717) is 17.7 Å². The van der Waals surface area contributed by atoms with Gasteiger partial charge in [0.15, 0.2) is 0 Å². The first-order valence-corrected chi connectivity index (χ1v) is 6.97. The predicted molar refractivity (Wildman–Crippen MR) is 79.6 cm³/mol. The number of hydrogen-bond acceptors (Lipinski definition) is 3. The Morgan fingerprint density at radius 1 is 1.29 bits per heavy atom. The van der Waals surface area contributed by atoms with E-state index in [9.17, 15) is 9.90 Å². The molecule has 0 aromatic heterocycles. The smallest absolute Gasteiger partial charge is 0.251 e. The lowest BCUT2D eigenvalue weighted by Gasteiger charge is -2.26. The number of aromatic hydroxyl groups is 1. The summed E-state index contributed by atoms with van der Waals surface area (Å²) >= 11 is 0. The summed E-state index contributed by atoms with van der Waals surface area (Å²) in [6, 6.07) is 12.6. The highest BCUT2D eigenvalue weighted by Crippen LogP contribution is 2.31. The van der Waals surface area contributed by atoms with Gasteiger partial charge in [-0.1, -0.05) is 18.2 Å². The van der Waals surface area contributed by atoms with Crippen LogP contribution in [0.1, 0.15) is 33.9 Å². The zero-order chi connectivity index (χ0) is 14.8. The molecule has 0 spiro atoms. The van der Waals surface area contributed by atoms with Crippen LogP contribution in [0.5, 0.6) is 11.5 Å². The Morgan fingerprint density at radius 3 is 2.90 bits per heavy atom. The van der Waals surface area contributed by atoms with Crippen molar-refractivity contribution in [2.45, 2.75) is 19.4 Å². The van der Waals surface area contributed by atoms with E-state index >= 15 is 0 Å². The molecule has 1 amide bonds. The van der Waals surface area contributed by atoms with E-state index in [-0.39, 0.29) is 17.7 Å². The Morgan fingerprint density at radius 2 is 2.10 bits per heavy atom. The summed E-state index contributed by atoms with van der Waals surface area (Å²) in [5.41, 5.74) is 2.25. The lowest BCUT2D eigenvalue weighted by molar-refractivity contribution is 0.0924. The average molecular weight is 283 g/mol. The van der Waals surface area contributed by atoms with Gasteiger partial charge in [-0.15, -0.1) is 0 Å². The Hall–Kier alpha value is -2.49. The molecule has 4 nitrogen and oxygen atoms in total. The monoisotopic (exact) mass is 283 g/mol. The molecule has 1 aliphatic rings. The van der Waals surface area contributed by atoms with E-state index in [0.717, 1.165) is 17.7 Å². The minimum Gasteiger partial charge on any atom is -0.508 e. The SMILES string of the molecule is Cc1cc(C(=O)NC2CCOc3ccccc32)ccc1O. The maximum Gasteiger partial charge on any atom is 0.251 e. The first kappa shape index (κ1) is 13.5. The van der Waals surface area contributed by atoms with Gasteiger partial charge in [-0.2, -0.15) is 0 Å². The number of para-hydroxylation sites is 1. The third-order valence-corrected chi connectivity index (χ3v) is 3.72. The number of amides is 1. The van der Waals surface area contributed by atoms with Crippen LogP contribution >= 0.6 is 0 Å². The second kappa shape index (κ2) is 5.48. The zero-order valence-electron chi connectivity index (χ0n) is 11.8. The first-order valence-electron chi connectivity index (χ1n) is 6.97. The number of phenols is 1. The van der Waals surface area contributed by atoms with E-state index in [1.165, 1.54) is 0 Å². The van der Waals surface area contributed by atoms with E-state index < -0.39 is 0 Å². The van der Waals surface area contributed by atoms with Gasteiger partial charge in [-0.25, -0.2) is 0 Å². The normalized spacial score (nSPS) is 16.7. The summed E-state index contributed by atoms with van der Waals surface area (Å²) in [5, 5.41) is 12.6. The average Bonchev–Trinajstić information content (AvgIpc) is 2.50. The minimum absolute atomic E-state index is 0.0449. The number of rotatable bonds is 2. The lowest BCUT2D eigenvalue weighted by atomic mass is 10.00. The molecule has 0 saturated heterocycles. The number of carbonyl (C=O) groups excluding carboxylic acids is 1. The van der Waals surface area contributed by atoms with Crippen molar-refractivity contribution in [1.29, 1.82) is 0 Å². The van der Waals surface area contributed by atoms with Crippen LogP contribution in [0.2, 0.25) is 0 Å². The van der Waals surface area contributed by atoms with E-state index in [2.05, 4.69) is 5.32 Å². The van der Waals surface area contributed by atoms with Gasteiger partial charge in [0, 0.05) is 17.5 Å². The van der Waals surface area contributed by atoms with Crippen LogP contribution in [0, 0.1) is 6.92 Å². The van der Waals surface area contributed by atoms with Crippen LogP contribution < -0.4 is 10.1 Å². The summed E-state index contributed by atoms with van der Waals surface area (Å²) in [5.74, 6) is 0.888. The third kappa shape index (κ3) is 2.70. The van der Waals surface area contributed by atoms with Crippen LogP contribution in [-0.4, -0.2) is 17.6 Å². The van der Waals surface area contributed by atoms with Crippen molar-refractivity contribution in [1.82, 2.24) is 5.32 Å². The maximum atomic E-state index is 12.4. The largest absolute Gasteiger partial charge is 0.508 e. The summed E-state index contributed by atoms with van der Waals surface area (Å²) in [6.07, 6.45) is 0.750. The fourth-order valence-electron chi connectivity index (χ4n) is 2.53. The molecule has 1 unspecified atom stereocenters. The Bertz CT molecular complexity index is 681. The van der Waals surface area contributed by atoms with Crippen molar-refractivity contribution >= 4 is 5.91 Å². The van der Waals surface area contributed by atoms with Gasteiger partial charge >= 0.3 is 0 Å². The first-order chi connectivity index (χ1) is 10.1. The van der Waals surface area contributed by atoms with Crippen LogP contribution in [0.25, 0.3) is 0 Å². The molecule has 1 atom stereocenters. The van der Waals surface area contributed by atoms with E-state index in [1.807, 2.05) is 24.3 Å². The molecule has 3 rings (SSSR count). The standard InChI is InChI=1S/C17H17NO3/c1-11-10-12(6-7-15(11)19)17(20)18-14-8-9-21-16-5-3-2-4-13(14)16/h2-7,10,14,19H,8-9H2,1H3,(H,18,20). The number of phenolic OH excluding ortho intramolecular Hbond substituents is 1. The molecular weight excluding hydrogens is 266 g/mol. The van der Waals surface area contributed by atoms with Gasteiger partial charge in [-0.05, 0) is 36.8 Å². The number of fused-ring (bicyclic) bond motifs is 1. The summed E-state index contributed by atoms with van der Waals surface area (Å²) in [7, 11) is 0. The van der Waals surface area contributed by atoms with Gasteiger partial charge in [0.25, 0.3) is 5.91 Å². The molecule has 0 bridgehead atoms. The van der Waals surface area contributed by atoms with Crippen LogP contribution in [0.3, 0.4) is 0 Å². The van der Waals surface area contributed by atoms with Gasteiger partial charge in [0.05, 0.1) is 12.6 Å². The summed E-state index contributed by atoms with van der Waals surface area (Å²) < 4.78 is 5.59. The Kier molecular flexibility index (Phi) is 3.52. The van der Waals surface area contributed by atoms with Crippen molar-refractivity contribution in [3.05, 3.63) is 59.2 Å². The number of nitrogens with one attached hydrogen (secondary N) is 1. The van der Waals surface area contributed by atoms with E-state index in [4.69, 9.17) is 4.74 Å². The molecule has 0 saturated carbocycles. The molecule has 1 aliphatic heterocycles. The second-order valence-corrected chi connectivity index (χ2v) is 5.20. The minimum atomic E-state index is -0.139. The van der Waals surface area contributed by atoms with Crippen LogP contribution in [0.4, 0.5) is 0 Å². The molecular formula is C17H17NO3. The van der Waals surface area contributed by atoms with Crippen molar-refractivity contribution in [2.24, 2.45) is 0 Å². The van der Waals surface area contributed by atoms with Gasteiger partial charge in [0.2, 0.25) is 0 Å². The topological polar surface area (TPSA) is 58.6 Å². The molecule has 0 radical (unpaired) electrons. The number of benzene rings is 2. The van der Waals surface area contributed by atoms with Crippen molar-refractivity contribution in [3.8, 4) is 11.5 Å². The van der Waals surface area contributed by atoms with Crippen molar-refractivity contribution < 1.29 is 14.6 Å². The van der Waals surface area contributed by atoms with Gasteiger partial charge in [0.1, 0.15) is 11.5 Å². The fraction of sp³-hybridized carbons (Fsp3) is 0.235. The predicted octanol–water partition coefficient (Wildman–Crippen LogP) is 2.95. The number of aryl methyl sites for hydroxylation is 1. The maximum absolute atomic E-state index is 12.4. The van der Waals surface area contributed by atoms with Crippen LogP contribution in [0.15, 0.2) is 42.5 Å². The lowest BCUT2D eigenvalue weighted by Crippen LogP contribution is -2.32. The van der Waals surface area contributed by atoms with Crippen molar-refractivity contribution in [3.63, 3.8) is 0 Å². The zero-order valence-corrected chi connectivity index (χ0v) is 11.8. The quantitative estimate of drug-likeness (QED) is 0.891. The molecule has 21 heavy (non-hydrogen) atoms. The highest BCUT2D eigenvalue weighted by Gasteiger charge is 2.23.